The number of aromatic nitrogens is 2. The number of ether oxygens (including phenoxy) is 2. The predicted octanol–water partition coefficient (Wildman–Crippen LogP) is 4.50. The maximum Gasteiger partial charge on any atom is 0.229 e. The summed E-state index contributed by atoms with van der Waals surface area (Å²) in [5.41, 5.74) is 2.85. The Morgan fingerprint density at radius 1 is 0.931 bits per heavy atom. The number of benzene rings is 2. The molecule has 0 saturated heterocycles. The van der Waals surface area contributed by atoms with E-state index in [1.54, 1.807) is 14.2 Å². The van der Waals surface area contributed by atoms with Crippen LogP contribution in [0.4, 0.5) is 23.1 Å². The summed E-state index contributed by atoms with van der Waals surface area (Å²) in [4.78, 5) is 21.8. The normalized spacial score (nSPS) is 12.8. The van der Waals surface area contributed by atoms with Gasteiger partial charge in [-0.3, -0.25) is 4.79 Å². The maximum atomic E-state index is 12.6. The molecule has 0 saturated carbocycles. The summed E-state index contributed by atoms with van der Waals surface area (Å²) < 4.78 is 10.7. The quantitative estimate of drug-likeness (QED) is 0.641. The predicted molar refractivity (Wildman–Crippen MR) is 112 cm³/mol. The van der Waals surface area contributed by atoms with E-state index in [-0.39, 0.29) is 5.78 Å². The van der Waals surface area contributed by atoms with Crippen molar-refractivity contribution in [3.05, 3.63) is 59.8 Å². The molecule has 3 aromatic rings. The van der Waals surface area contributed by atoms with Crippen LogP contribution in [0.3, 0.4) is 0 Å². The number of nitrogens with one attached hydrogen (secondary N) is 2. The molecule has 7 nitrogen and oxygen atoms in total. The lowest BCUT2D eigenvalue weighted by molar-refractivity contribution is 0.0972. The van der Waals surface area contributed by atoms with E-state index >= 15 is 0 Å². The Hall–Kier alpha value is -3.61. The van der Waals surface area contributed by atoms with E-state index in [1.807, 2.05) is 48.5 Å². The molecule has 1 aliphatic carbocycles. The second-order valence-electron chi connectivity index (χ2n) is 6.68. The molecule has 148 valence electrons. The van der Waals surface area contributed by atoms with Crippen molar-refractivity contribution in [3.63, 3.8) is 0 Å². The third-order valence-corrected chi connectivity index (χ3v) is 4.77. The third-order valence-electron chi connectivity index (χ3n) is 4.77. The number of anilines is 4. The summed E-state index contributed by atoms with van der Waals surface area (Å²) in [5.74, 6) is 2.36. The van der Waals surface area contributed by atoms with Crippen molar-refractivity contribution in [1.29, 1.82) is 0 Å². The Morgan fingerprint density at radius 3 is 2.62 bits per heavy atom. The second kappa shape index (κ2) is 8.18. The lowest BCUT2D eigenvalue weighted by atomic mass is 9.95. The highest BCUT2D eigenvalue weighted by atomic mass is 16.5. The number of Topliss-reactive ketones (excluding diaryl/α,β-unsaturated/α-hetero) is 1. The largest absolute Gasteiger partial charge is 0.497 e. The van der Waals surface area contributed by atoms with Crippen LogP contribution in [0.15, 0.2) is 48.5 Å². The minimum absolute atomic E-state index is 0.0560. The summed E-state index contributed by atoms with van der Waals surface area (Å²) in [6.45, 7) is 0. The summed E-state index contributed by atoms with van der Waals surface area (Å²) in [5, 5.41) is 6.48. The number of para-hydroxylation sites is 2. The summed E-state index contributed by atoms with van der Waals surface area (Å²) in [6, 6.07) is 15.0. The molecule has 0 fully saturated rings. The third kappa shape index (κ3) is 3.99. The highest BCUT2D eigenvalue weighted by Crippen LogP contribution is 2.32. The zero-order chi connectivity index (χ0) is 20.2. The molecule has 0 spiro atoms. The maximum absolute atomic E-state index is 12.6. The topological polar surface area (TPSA) is 85.4 Å². The van der Waals surface area contributed by atoms with Crippen LogP contribution >= 0.6 is 0 Å². The van der Waals surface area contributed by atoms with Gasteiger partial charge < -0.3 is 20.1 Å². The van der Waals surface area contributed by atoms with Crippen LogP contribution in [0.5, 0.6) is 11.5 Å². The number of rotatable bonds is 6. The lowest BCUT2D eigenvalue weighted by Gasteiger charge is -2.20. The van der Waals surface area contributed by atoms with Gasteiger partial charge >= 0.3 is 0 Å². The Balaban J connectivity index is 1.74. The van der Waals surface area contributed by atoms with E-state index in [0.29, 0.717) is 29.5 Å². The molecule has 0 atom stereocenters. The molecule has 0 unspecified atom stereocenters. The van der Waals surface area contributed by atoms with Gasteiger partial charge in [0.1, 0.15) is 17.3 Å². The average molecular weight is 390 g/mol. The first kappa shape index (κ1) is 18.7. The fourth-order valence-corrected chi connectivity index (χ4v) is 3.37. The number of nitrogens with zero attached hydrogens (tertiary/aromatic N) is 2. The first-order valence-electron chi connectivity index (χ1n) is 9.43. The molecular formula is C22H22N4O3. The van der Waals surface area contributed by atoms with Crippen molar-refractivity contribution >= 4 is 28.9 Å². The van der Waals surface area contributed by atoms with Crippen molar-refractivity contribution in [1.82, 2.24) is 9.97 Å². The Labute approximate surface area is 169 Å². The Bertz CT molecular complexity index is 1050. The van der Waals surface area contributed by atoms with Crippen LogP contribution in [0.1, 0.15) is 28.9 Å². The number of aryl methyl sites for hydroxylation is 1. The van der Waals surface area contributed by atoms with Gasteiger partial charge in [0.15, 0.2) is 5.78 Å². The number of fused-ring (bicyclic) bond motifs is 1. The number of carbonyl (C=O) groups excluding carboxylic acids is 1. The van der Waals surface area contributed by atoms with Crippen LogP contribution in [0.2, 0.25) is 0 Å². The number of ketones is 1. The molecule has 1 aromatic heterocycles. The van der Waals surface area contributed by atoms with Crippen LogP contribution in [0, 0.1) is 0 Å². The van der Waals surface area contributed by atoms with Gasteiger partial charge in [0, 0.05) is 18.2 Å². The number of methoxy groups -OCH3 is 2. The van der Waals surface area contributed by atoms with Gasteiger partial charge in [-0.25, -0.2) is 4.98 Å². The Kier molecular flexibility index (Phi) is 5.29. The molecule has 7 heteroatoms. The molecule has 1 heterocycles. The van der Waals surface area contributed by atoms with Gasteiger partial charge in [-0.2, -0.15) is 4.98 Å². The minimum atomic E-state index is 0.0560. The molecule has 0 radical (unpaired) electrons. The zero-order valence-electron chi connectivity index (χ0n) is 16.4. The van der Waals surface area contributed by atoms with Crippen molar-refractivity contribution < 1.29 is 14.3 Å². The molecule has 0 amide bonds. The van der Waals surface area contributed by atoms with Crippen molar-refractivity contribution in [2.45, 2.75) is 19.3 Å². The van der Waals surface area contributed by atoms with E-state index in [4.69, 9.17) is 9.47 Å². The van der Waals surface area contributed by atoms with E-state index in [9.17, 15) is 4.79 Å². The van der Waals surface area contributed by atoms with Crippen LogP contribution < -0.4 is 20.1 Å². The lowest BCUT2D eigenvalue weighted by Crippen LogP contribution is -2.18. The molecule has 0 aliphatic heterocycles. The molecule has 2 aromatic carbocycles. The fourth-order valence-electron chi connectivity index (χ4n) is 3.37. The highest BCUT2D eigenvalue weighted by molar-refractivity contribution is 6.03. The first-order chi connectivity index (χ1) is 14.2. The monoisotopic (exact) mass is 390 g/mol. The van der Waals surface area contributed by atoms with Gasteiger partial charge in [0.05, 0.1) is 31.2 Å². The van der Waals surface area contributed by atoms with E-state index in [0.717, 1.165) is 35.7 Å². The fraction of sp³-hybridized carbons (Fsp3) is 0.227. The number of hydrogen-bond donors (Lipinski definition) is 2. The van der Waals surface area contributed by atoms with Crippen molar-refractivity contribution in [3.8, 4) is 11.5 Å². The zero-order valence-corrected chi connectivity index (χ0v) is 16.4. The van der Waals surface area contributed by atoms with E-state index in [2.05, 4.69) is 20.6 Å². The standard InChI is InChI=1S/C22H22N4O3/c1-28-15-8-5-7-14(13-15)23-21-20-17(10-6-11-18(20)27)25-22(26-21)24-16-9-3-4-12-19(16)29-2/h3-5,7-9,12-13H,6,10-11H2,1-2H3,(H2,23,24,25,26). The Morgan fingerprint density at radius 2 is 1.79 bits per heavy atom. The van der Waals surface area contributed by atoms with Crippen LogP contribution in [-0.4, -0.2) is 30.0 Å². The molecule has 1 aliphatic rings. The number of carbonyl (C=O) groups is 1. The molecule has 2 N–H and O–H groups in total. The minimum Gasteiger partial charge on any atom is -0.497 e. The number of hydrogen-bond acceptors (Lipinski definition) is 7. The average Bonchev–Trinajstić information content (AvgIpc) is 2.74. The van der Waals surface area contributed by atoms with Crippen LogP contribution in [0.25, 0.3) is 0 Å². The van der Waals surface area contributed by atoms with E-state index < -0.39 is 0 Å². The summed E-state index contributed by atoms with van der Waals surface area (Å²) in [7, 11) is 3.23. The van der Waals surface area contributed by atoms with Gasteiger partial charge in [-0.05, 0) is 37.1 Å². The second-order valence-corrected chi connectivity index (χ2v) is 6.68. The SMILES string of the molecule is COc1cccc(Nc2nc(Nc3ccccc3OC)nc3c2C(=O)CCC3)c1. The van der Waals surface area contributed by atoms with Crippen molar-refractivity contribution in [2.24, 2.45) is 0 Å². The smallest absolute Gasteiger partial charge is 0.229 e. The van der Waals surface area contributed by atoms with Crippen molar-refractivity contribution in [2.75, 3.05) is 24.9 Å². The van der Waals surface area contributed by atoms with Gasteiger partial charge in [-0.1, -0.05) is 18.2 Å². The van der Waals surface area contributed by atoms with E-state index in [1.165, 1.54) is 0 Å². The van der Waals surface area contributed by atoms with Gasteiger partial charge in [0.2, 0.25) is 5.95 Å². The summed E-state index contributed by atoms with van der Waals surface area (Å²) in [6.07, 6.45) is 2.02. The molecule has 0 bridgehead atoms. The van der Waals surface area contributed by atoms with Gasteiger partial charge in [-0.15, -0.1) is 0 Å². The first-order valence-corrected chi connectivity index (χ1v) is 9.43. The van der Waals surface area contributed by atoms with Gasteiger partial charge in [0.25, 0.3) is 0 Å². The molecule has 4 rings (SSSR count). The van der Waals surface area contributed by atoms with Crippen LogP contribution in [-0.2, 0) is 6.42 Å². The summed E-state index contributed by atoms with van der Waals surface area (Å²) >= 11 is 0. The highest BCUT2D eigenvalue weighted by Gasteiger charge is 2.25. The molecule has 29 heavy (non-hydrogen) atoms. The molecular weight excluding hydrogens is 368 g/mol.